The van der Waals surface area contributed by atoms with E-state index < -0.39 is 10.0 Å². The van der Waals surface area contributed by atoms with Gasteiger partial charge >= 0.3 is 0 Å². The maximum Gasteiger partial charge on any atom is 0.242 e. The highest BCUT2D eigenvalue weighted by Crippen LogP contribution is 2.51. The van der Waals surface area contributed by atoms with Crippen molar-refractivity contribution >= 4 is 51.7 Å². The Labute approximate surface area is 207 Å². The maximum absolute atomic E-state index is 12.2. The number of sulfonamides is 1. The Balaban J connectivity index is 0.00000341. The zero-order valence-electron chi connectivity index (χ0n) is 18.2. The fourth-order valence-corrected chi connectivity index (χ4v) is 5.07. The summed E-state index contributed by atoms with van der Waals surface area (Å²) in [7, 11) is -0.342. The van der Waals surface area contributed by atoms with Crippen LogP contribution in [-0.4, -0.2) is 50.6 Å². The third-order valence-electron chi connectivity index (χ3n) is 4.93. The lowest BCUT2D eigenvalue weighted by Gasteiger charge is -2.18. The number of thioether (sulfide) groups is 1. The average Bonchev–Trinajstić information content (AvgIpc) is 3.50. The molecule has 1 saturated carbocycles. The fraction of sp³-hybridized carbons (Fsp3) is 0.409. The number of nitrogens with one attached hydrogen (secondary N) is 2. The molecular formula is C22H31IN4O2S2. The molecular weight excluding hydrogens is 543 g/mol. The van der Waals surface area contributed by atoms with Crippen LogP contribution in [0.2, 0.25) is 0 Å². The molecule has 3 rings (SSSR count). The molecule has 0 unspecified atom stereocenters. The highest BCUT2D eigenvalue weighted by Gasteiger charge is 2.43. The SMILES string of the molecule is CCNC(=NCc1ccc(S(=O)(=O)N(C)C)cc1)NCC1(Sc2ccccc2)CC1.I. The first-order chi connectivity index (χ1) is 14.3. The van der Waals surface area contributed by atoms with Gasteiger partial charge in [-0.15, -0.1) is 35.7 Å². The van der Waals surface area contributed by atoms with Crippen molar-refractivity contribution in [3.63, 3.8) is 0 Å². The quantitative estimate of drug-likeness (QED) is 0.270. The fourth-order valence-electron chi connectivity index (χ4n) is 2.93. The average molecular weight is 575 g/mol. The lowest BCUT2D eigenvalue weighted by molar-refractivity contribution is 0.520. The number of nitrogens with zero attached hydrogens (tertiary/aromatic N) is 2. The third kappa shape index (κ3) is 7.37. The van der Waals surface area contributed by atoms with Gasteiger partial charge in [-0.2, -0.15) is 0 Å². The van der Waals surface area contributed by atoms with Gasteiger partial charge in [-0.3, -0.25) is 0 Å². The van der Waals surface area contributed by atoms with Gasteiger partial charge in [0.25, 0.3) is 0 Å². The van der Waals surface area contributed by atoms with Crippen LogP contribution in [0, 0.1) is 0 Å². The molecule has 0 saturated heterocycles. The zero-order valence-corrected chi connectivity index (χ0v) is 22.1. The lowest BCUT2D eigenvalue weighted by Crippen LogP contribution is -2.41. The summed E-state index contributed by atoms with van der Waals surface area (Å²) < 4.78 is 25.8. The van der Waals surface area contributed by atoms with Crippen LogP contribution in [0.5, 0.6) is 0 Å². The molecule has 0 radical (unpaired) electrons. The Kier molecular flexibility index (Phi) is 9.66. The van der Waals surface area contributed by atoms with E-state index in [1.54, 1.807) is 12.1 Å². The number of hydrogen-bond acceptors (Lipinski definition) is 4. The van der Waals surface area contributed by atoms with Crippen LogP contribution in [0.15, 0.2) is 69.4 Å². The predicted molar refractivity (Wildman–Crippen MR) is 140 cm³/mol. The number of guanidine groups is 1. The molecule has 0 bridgehead atoms. The van der Waals surface area contributed by atoms with E-state index in [0.29, 0.717) is 11.4 Å². The molecule has 0 aromatic heterocycles. The topological polar surface area (TPSA) is 73.8 Å². The van der Waals surface area contributed by atoms with Crippen molar-refractivity contribution in [2.45, 2.75) is 40.8 Å². The molecule has 1 aliphatic rings. The highest BCUT2D eigenvalue weighted by atomic mass is 127. The number of aliphatic imine (C=N–C) groups is 1. The minimum atomic E-state index is -3.41. The smallest absolute Gasteiger partial charge is 0.242 e. The van der Waals surface area contributed by atoms with Gasteiger partial charge in [-0.05, 0) is 49.6 Å². The molecule has 0 atom stereocenters. The van der Waals surface area contributed by atoms with E-state index in [4.69, 9.17) is 0 Å². The molecule has 1 aliphatic carbocycles. The van der Waals surface area contributed by atoms with E-state index in [9.17, 15) is 8.42 Å². The van der Waals surface area contributed by atoms with E-state index >= 15 is 0 Å². The van der Waals surface area contributed by atoms with E-state index in [1.807, 2.05) is 36.9 Å². The summed E-state index contributed by atoms with van der Waals surface area (Å²) in [6.07, 6.45) is 2.39. The van der Waals surface area contributed by atoms with Gasteiger partial charge < -0.3 is 10.6 Å². The van der Waals surface area contributed by atoms with Crippen molar-refractivity contribution in [3.05, 3.63) is 60.2 Å². The Morgan fingerprint density at radius 1 is 1.06 bits per heavy atom. The number of halogens is 1. The Hall–Kier alpha value is -1.30. The van der Waals surface area contributed by atoms with Crippen molar-refractivity contribution in [2.75, 3.05) is 27.2 Å². The van der Waals surface area contributed by atoms with Gasteiger partial charge in [-0.1, -0.05) is 30.3 Å². The van der Waals surface area contributed by atoms with E-state index in [1.165, 1.54) is 36.1 Å². The van der Waals surface area contributed by atoms with Gasteiger partial charge in [0.15, 0.2) is 5.96 Å². The summed E-state index contributed by atoms with van der Waals surface area (Å²) in [5, 5.41) is 6.77. The third-order valence-corrected chi connectivity index (χ3v) is 8.25. The minimum absolute atomic E-state index is 0. The molecule has 0 amide bonds. The summed E-state index contributed by atoms with van der Waals surface area (Å²) in [6.45, 7) is 4.17. The first kappa shape index (κ1) is 26.0. The molecule has 31 heavy (non-hydrogen) atoms. The number of hydrogen-bond donors (Lipinski definition) is 2. The molecule has 2 aromatic rings. The molecule has 0 aliphatic heterocycles. The Morgan fingerprint density at radius 2 is 1.71 bits per heavy atom. The van der Waals surface area contributed by atoms with Crippen molar-refractivity contribution < 1.29 is 8.42 Å². The Morgan fingerprint density at radius 3 is 2.26 bits per heavy atom. The summed E-state index contributed by atoms with van der Waals surface area (Å²) in [6, 6.07) is 17.4. The van der Waals surface area contributed by atoms with Gasteiger partial charge in [0.1, 0.15) is 0 Å². The van der Waals surface area contributed by atoms with E-state index in [2.05, 4.69) is 39.9 Å². The molecule has 1 fully saturated rings. The van der Waals surface area contributed by atoms with Crippen LogP contribution in [0.1, 0.15) is 25.3 Å². The van der Waals surface area contributed by atoms with Gasteiger partial charge in [0.05, 0.1) is 11.4 Å². The normalized spacial score (nSPS) is 15.3. The first-order valence-electron chi connectivity index (χ1n) is 10.1. The maximum atomic E-state index is 12.2. The van der Waals surface area contributed by atoms with Crippen LogP contribution >= 0.6 is 35.7 Å². The van der Waals surface area contributed by atoms with Crippen LogP contribution in [0.4, 0.5) is 0 Å². The summed E-state index contributed by atoms with van der Waals surface area (Å²) in [5.41, 5.74) is 0.963. The molecule has 6 nitrogen and oxygen atoms in total. The molecule has 2 N–H and O–H groups in total. The van der Waals surface area contributed by atoms with Crippen molar-refractivity contribution in [2.24, 2.45) is 4.99 Å². The van der Waals surface area contributed by atoms with Crippen molar-refractivity contribution in [3.8, 4) is 0 Å². The van der Waals surface area contributed by atoms with E-state index in [-0.39, 0.29) is 28.7 Å². The van der Waals surface area contributed by atoms with Crippen LogP contribution < -0.4 is 10.6 Å². The second kappa shape index (κ2) is 11.5. The Bertz CT molecular complexity index is 961. The molecule has 0 spiro atoms. The van der Waals surface area contributed by atoms with Gasteiger partial charge in [0, 0.05) is 36.8 Å². The first-order valence-corrected chi connectivity index (χ1v) is 12.4. The second-order valence-corrected chi connectivity index (χ2v) is 11.3. The molecule has 9 heteroatoms. The van der Waals surface area contributed by atoms with Crippen molar-refractivity contribution in [1.82, 2.24) is 14.9 Å². The van der Waals surface area contributed by atoms with Crippen LogP contribution in [-0.2, 0) is 16.6 Å². The van der Waals surface area contributed by atoms with Crippen molar-refractivity contribution in [1.29, 1.82) is 0 Å². The zero-order chi connectivity index (χ0) is 21.6. The van der Waals surface area contributed by atoms with Crippen LogP contribution in [0.3, 0.4) is 0 Å². The van der Waals surface area contributed by atoms with E-state index in [0.717, 1.165) is 24.6 Å². The number of benzene rings is 2. The van der Waals surface area contributed by atoms with Gasteiger partial charge in [-0.25, -0.2) is 17.7 Å². The van der Waals surface area contributed by atoms with Gasteiger partial charge in [0.2, 0.25) is 10.0 Å². The lowest BCUT2D eigenvalue weighted by atomic mass is 10.2. The summed E-state index contributed by atoms with van der Waals surface area (Å²) >= 11 is 1.93. The standard InChI is InChI=1S/C22H30N4O2S2.HI/c1-4-23-21(25-17-22(14-15-22)29-19-8-6-5-7-9-19)24-16-18-10-12-20(13-11-18)30(27,28)26(2)3;/h5-13H,4,14-17H2,1-3H3,(H2,23,24,25);1H. The summed E-state index contributed by atoms with van der Waals surface area (Å²) in [5.74, 6) is 0.780. The second-order valence-electron chi connectivity index (χ2n) is 7.58. The highest BCUT2D eigenvalue weighted by molar-refractivity contribution is 14.0. The predicted octanol–water partition coefficient (Wildman–Crippen LogP) is 3.93. The molecule has 170 valence electrons. The minimum Gasteiger partial charge on any atom is -0.357 e. The number of rotatable bonds is 9. The molecule has 2 aromatic carbocycles. The molecule has 0 heterocycles. The largest absolute Gasteiger partial charge is 0.357 e. The summed E-state index contributed by atoms with van der Waals surface area (Å²) in [4.78, 5) is 6.26. The van der Waals surface area contributed by atoms with Crippen LogP contribution in [0.25, 0.3) is 0 Å². The monoisotopic (exact) mass is 574 g/mol.